The number of nitrogens with one attached hydrogen (secondary N) is 1. The number of rotatable bonds is 4. The van der Waals surface area contributed by atoms with Crippen molar-refractivity contribution in [1.82, 2.24) is 14.8 Å². The van der Waals surface area contributed by atoms with Crippen LogP contribution in [0.3, 0.4) is 0 Å². The second kappa shape index (κ2) is 6.76. The van der Waals surface area contributed by atoms with Crippen molar-refractivity contribution in [3.05, 3.63) is 77.1 Å². The fourth-order valence-electron chi connectivity index (χ4n) is 3.40. The van der Waals surface area contributed by atoms with Crippen molar-refractivity contribution in [2.24, 2.45) is 0 Å². The van der Waals surface area contributed by atoms with E-state index in [0.717, 1.165) is 34.1 Å². The molecule has 1 fully saturated rings. The second-order valence-electron chi connectivity index (χ2n) is 6.75. The lowest BCUT2D eigenvalue weighted by Crippen LogP contribution is -2.30. The maximum atomic E-state index is 12.8. The van der Waals surface area contributed by atoms with Crippen molar-refractivity contribution >= 4 is 28.9 Å². The summed E-state index contributed by atoms with van der Waals surface area (Å²) in [5.74, 6) is -0.297. The minimum absolute atomic E-state index is 0.263. The summed E-state index contributed by atoms with van der Waals surface area (Å²) in [6.45, 7) is 5.18. The Bertz CT molecular complexity index is 1060. The van der Waals surface area contributed by atoms with Crippen LogP contribution in [-0.4, -0.2) is 21.4 Å². The highest BCUT2D eigenvalue weighted by Gasteiger charge is 2.33. The Hall–Kier alpha value is -3.34. The third-order valence-corrected chi connectivity index (χ3v) is 4.88. The number of imide groups is 1. The first-order valence-electron chi connectivity index (χ1n) is 9.05. The second-order valence-corrected chi connectivity index (χ2v) is 6.75. The molecule has 2 heterocycles. The lowest BCUT2D eigenvalue weighted by molar-refractivity contribution is -0.123. The predicted molar refractivity (Wildman–Crippen MR) is 106 cm³/mol. The molecule has 0 saturated carbocycles. The number of aromatic nitrogens is 1. The van der Waals surface area contributed by atoms with Crippen LogP contribution in [0.5, 0.6) is 0 Å². The van der Waals surface area contributed by atoms with Gasteiger partial charge in [0.1, 0.15) is 5.70 Å². The third kappa shape index (κ3) is 3.12. The number of aryl methyl sites for hydroxylation is 2. The maximum absolute atomic E-state index is 12.8. The van der Waals surface area contributed by atoms with Gasteiger partial charge in [-0.2, -0.15) is 0 Å². The molecule has 136 valence electrons. The Labute approximate surface area is 157 Å². The summed E-state index contributed by atoms with van der Waals surface area (Å²) in [6, 6.07) is 15.5. The monoisotopic (exact) mass is 359 g/mol. The van der Waals surface area contributed by atoms with Gasteiger partial charge in [0.05, 0.1) is 6.54 Å². The molecule has 1 saturated heterocycles. The minimum Gasteiger partial charge on any atom is -0.347 e. The summed E-state index contributed by atoms with van der Waals surface area (Å²) in [4.78, 5) is 26.3. The van der Waals surface area contributed by atoms with E-state index in [1.165, 1.54) is 4.90 Å². The third-order valence-electron chi connectivity index (χ3n) is 4.88. The van der Waals surface area contributed by atoms with Crippen molar-refractivity contribution in [1.29, 1.82) is 0 Å². The topological polar surface area (TPSA) is 54.3 Å². The van der Waals surface area contributed by atoms with Gasteiger partial charge >= 0.3 is 6.03 Å². The molecule has 2 aromatic carbocycles. The zero-order chi connectivity index (χ0) is 19.0. The van der Waals surface area contributed by atoms with Gasteiger partial charge in [0.2, 0.25) is 0 Å². The van der Waals surface area contributed by atoms with Gasteiger partial charge in [-0.15, -0.1) is 0 Å². The number of nitrogens with zero attached hydrogens (tertiary/aromatic N) is 2. The van der Waals surface area contributed by atoms with Crippen LogP contribution < -0.4 is 5.32 Å². The molecule has 0 unspecified atom stereocenters. The van der Waals surface area contributed by atoms with Crippen LogP contribution in [0.25, 0.3) is 17.0 Å². The van der Waals surface area contributed by atoms with E-state index in [1.807, 2.05) is 55.6 Å². The van der Waals surface area contributed by atoms with E-state index in [1.54, 1.807) is 6.08 Å². The van der Waals surface area contributed by atoms with Gasteiger partial charge in [-0.25, -0.2) is 4.79 Å². The van der Waals surface area contributed by atoms with E-state index < -0.39 is 0 Å². The van der Waals surface area contributed by atoms with Crippen molar-refractivity contribution in [3.8, 4) is 0 Å². The van der Waals surface area contributed by atoms with E-state index in [4.69, 9.17) is 0 Å². The Morgan fingerprint density at radius 2 is 1.78 bits per heavy atom. The molecule has 3 aromatic rings. The molecule has 27 heavy (non-hydrogen) atoms. The van der Waals surface area contributed by atoms with Crippen LogP contribution in [0.2, 0.25) is 0 Å². The first-order valence-corrected chi connectivity index (χ1v) is 9.05. The summed E-state index contributed by atoms with van der Waals surface area (Å²) >= 11 is 0. The quantitative estimate of drug-likeness (QED) is 0.564. The first kappa shape index (κ1) is 17.1. The van der Waals surface area contributed by atoms with Gasteiger partial charge in [-0.1, -0.05) is 48.0 Å². The molecule has 1 aromatic heterocycles. The molecule has 0 atom stereocenters. The standard InChI is InChI=1S/C22H21N3O2/c1-3-24-14-17(18-6-4-5-7-20(18)24)12-19-21(26)25(22(27)23-19)13-16-10-8-15(2)9-11-16/h4-12,14H,3,13H2,1-2H3,(H,23,27)/b19-12-. The number of carbonyl (C=O) groups excluding carboxylic acids is 2. The Balaban J connectivity index is 1.64. The first-order chi connectivity index (χ1) is 13.1. The average Bonchev–Trinajstić information content (AvgIpc) is 3.16. The molecule has 1 aliphatic heterocycles. The normalized spacial score (nSPS) is 15.8. The highest BCUT2D eigenvalue weighted by atomic mass is 16.2. The molecular weight excluding hydrogens is 338 g/mol. The molecule has 0 radical (unpaired) electrons. The molecule has 0 bridgehead atoms. The Morgan fingerprint density at radius 3 is 2.52 bits per heavy atom. The van der Waals surface area contributed by atoms with Gasteiger partial charge in [-0.3, -0.25) is 9.69 Å². The molecule has 3 amide bonds. The van der Waals surface area contributed by atoms with Crippen LogP contribution in [0.15, 0.2) is 60.4 Å². The van der Waals surface area contributed by atoms with Crippen molar-refractivity contribution in [3.63, 3.8) is 0 Å². The smallest absolute Gasteiger partial charge is 0.329 e. The molecule has 5 nitrogen and oxygen atoms in total. The summed E-state index contributed by atoms with van der Waals surface area (Å²) in [7, 11) is 0. The van der Waals surface area contributed by atoms with Crippen LogP contribution in [0.1, 0.15) is 23.6 Å². The minimum atomic E-state index is -0.383. The van der Waals surface area contributed by atoms with E-state index in [-0.39, 0.29) is 18.5 Å². The molecule has 1 aliphatic rings. The van der Waals surface area contributed by atoms with Crippen molar-refractivity contribution < 1.29 is 9.59 Å². The Kier molecular flexibility index (Phi) is 4.28. The van der Waals surface area contributed by atoms with Crippen LogP contribution in [0, 0.1) is 6.92 Å². The maximum Gasteiger partial charge on any atom is 0.329 e. The van der Waals surface area contributed by atoms with Gasteiger partial charge in [0.15, 0.2) is 0 Å². The predicted octanol–water partition coefficient (Wildman–Crippen LogP) is 4.06. The summed E-state index contributed by atoms with van der Waals surface area (Å²) in [5.41, 5.74) is 4.41. The van der Waals surface area contributed by atoms with Crippen LogP contribution >= 0.6 is 0 Å². The molecule has 1 N–H and O–H groups in total. The van der Waals surface area contributed by atoms with E-state index in [9.17, 15) is 9.59 Å². The number of amides is 3. The van der Waals surface area contributed by atoms with Crippen molar-refractivity contribution in [2.75, 3.05) is 0 Å². The number of urea groups is 1. The van der Waals surface area contributed by atoms with Gasteiger partial charge in [0.25, 0.3) is 5.91 Å². The average molecular weight is 359 g/mol. The van der Waals surface area contributed by atoms with E-state index in [0.29, 0.717) is 5.70 Å². The van der Waals surface area contributed by atoms with E-state index >= 15 is 0 Å². The fourth-order valence-corrected chi connectivity index (χ4v) is 3.40. The highest BCUT2D eigenvalue weighted by molar-refractivity contribution is 6.14. The molecular formula is C22H21N3O2. The molecule has 5 heteroatoms. The lowest BCUT2D eigenvalue weighted by Gasteiger charge is -2.11. The van der Waals surface area contributed by atoms with E-state index in [2.05, 4.69) is 22.9 Å². The summed E-state index contributed by atoms with van der Waals surface area (Å²) in [6.07, 6.45) is 3.78. The summed E-state index contributed by atoms with van der Waals surface area (Å²) in [5, 5.41) is 3.78. The fraction of sp³-hybridized carbons (Fsp3) is 0.182. The van der Waals surface area contributed by atoms with Gasteiger partial charge in [0, 0.05) is 29.2 Å². The summed E-state index contributed by atoms with van der Waals surface area (Å²) < 4.78 is 2.13. The van der Waals surface area contributed by atoms with Crippen LogP contribution in [0.4, 0.5) is 4.79 Å². The number of carbonyl (C=O) groups is 2. The van der Waals surface area contributed by atoms with Crippen LogP contribution in [-0.2, 0) is 17.9 Å². The van der Waals surface area contributed by atoms with Gasteiger partial charge in [-0.05, 0) is 31.6 Å². The molecule has 0 spiro atoms. The zero-order valence-electron chi connectivity index (χ0n) is 15.4. The molecule has 4 rings (SSSR count). The number of para-hydroxylation sites is 1. The number of hydrogen-bond donors (Lipinski definition) is 1. The van der Waals surface area contributed by atoms with Crippen molar-refractivity contribution in [2.45, 2.75) is 26.9 Å². The molecule has 0 aliphatic carbocycles. The SMILES string of the molecule is CCn1cc(/C=C2\NC(=O)N(Cc3ccc(C)cc3)C2=O)c2ccccc21. The largest absolute Gasteiger partial charge is 0.347 e. The zero-order valence-corrected chi connectivity index (χ0v) is 15.4. The number of hydrogen-bond acceptors (Lipinski definition) is 2. The number of fused-ring (bicyclic) bond motifs is 1. The highest BCUT2D eigenvalue weighted by Crippen LogP contribution is 2.25. The van der Waals surface area contributed by atoms with Gasteiger partial charge < -0.3 is 9.88 Å². The number of benzene rings is 2. The lowest BCUT2D eigenvalue weighted by atomic mass is 10.1. The Morgan fingerprint density at radius 1 is 1.04 bits per heavy atom.